The lowest BCUT2D eigenvalue weighted by Gasteiger charge is -2.06. The van der Waals surface area contributed by atoms with E-state index in [2.05, 4.69) is 0 Å². The van der Waals surface area contributed by atoms with Crippen molar-refractivity contribution in [3.63, 3.8) is 0 Å². The van der Waals surface area contributed by atoms with Gasteiger partial charge in [-0.25, -0.2) is 4.79 Å². The van der Waals surface area contributed by atoms with Gasteiger partial charge in [0.05, 0.1) is 5.02 Å². The summed E-state index contributed by atoms with van der Waals surface area (Å²) in [5, 5.41) is 8.78. The summed E-state index contributed by atoms with van der Waals surface area (Å²) in [7, 11) is 0. The van der Waals surface area contributed by atoms with Gasteiger partial charge in [-0.1, -0.05) is 24.9 Å². The van der Waals surface area contributed by atoms with E-state index in [-0.39, 0.29) is 10.6 Å². The molecule has 1 aromatic heterocycles. The minimum atomic E-state index is -1.28. The van der Waals surface area contributed by atoms with Crippen LogP contribution in [0, 0.1) is 0 Å². The number of rotatable bonds is 4. The molecule has 1 N–H and O–H groups in total. The fraction of sp³-hybridized carbons (Fsp3) is 0.400. The average molecular weight is 230 g/mol. The highest BCUT2D eigenvalue weighted by Gasteiger charge is 2.15. The van der Waals surface area contributed by atoms with Gasteiger partial charge in [-0.3, -0.25) is 4.79 Å². The van der Waals surface area contributed by atoms with Gasteiger partial charge in [-0.15, -0.1) is 0 Å². The predicted molar refractivity (Wildman–Crippen MR) is 57.6 cm³/mol. The van der Waals surface area contributed by atoms with Gasteiger partial charge in [0, 0.05) is 12.7 Å². The van der Waals surface area contributed by atoms with Crippen LogP contribution >= 0.6 is 11.6 Å². The number of pyridine rings is 1. The summed E-state index contributed by atoms with van der Waals surface area (Å²) in [6, 6.07) is 1.43. The molecule has 0 aliphatic heterocycles. The van der Waals surface area contributed by atoms with E-state index in [0.717, 1.165) is 12.8 Å². The van der Waals surface area contributed by atoms with Gasteiger partial charge in [-0.2, -0.15) is 0 Å². The van der Waals surface area contributed by atoms with E-state index in [1.807, 2.05) is 6.92 Å². The van der Waals surface area contributed by atoms with Crippen molar-refractivity contribution >= 4 is 17.6 Å². The Hall–Kier alpha value is -1.29. The van der Waals surface area contributed by atoms with Gasteiger partial charge in [-0.05, 0) is 12.5 Å². The molecule has 0 saturated heterocycles. The molecule has 0 aliphatic carbocycles. The Morgan fingerprint density at radius 3 is 2.80 bits per heavy atom. The van der Waals surface area contributed by atoms with Crippen molar-refractivity contribution in [3.05, 3.63) is 33.2 Å². The molecule has 0 unspecified atom stereocenters. The second-order valence-electron chi connectivity index (χ2n) is 3.20. The van der Waals surface area contributed by atoms with Gasteiger partial charge in [0.15, 0.2) is 0 Å². The minimum Gasteiger partial charge on any atom is -0.477 e. The fourth-order valence-electron chi connectivity index (χ4n) is 1.25. The van der Waals surface area contributed by atoms with Crippen LogP contribution in [0.25, 0.3) is 0 Å². The van der Waals surface area contributed by atoms with E-state index in [9.17, 15) is 9.59 Å². The van der Waals surface area contributed by atoms with Crippen LogP contribution in [0.2, 0.25) is 5.02 Å². The highest BCUT2D eigenvalue weighted by molar-refractivity contribution is 6.33. The molecule has 1 rings (SSSR count). The quantitative estimate of drug-likeness (QED) is 0.859. The van der Waals surface area contributed by atoms with E-state index in [1.54, 1.807) is 0 Å². The number of hydrogen-bond donors (Lipinski definition) is 1. The predicted octanol–water partition coefficient (Wildman–Crippen LogP) is 2.00. The third kappa shape index (κ3) is 2.59. The topological polar surface area (TPSA) is 59.3 Å². The zero-order chi connectivity index (χ0) is 11.4. The Labute approximate surface area is 92.1 Å². The molecule has 0 amide bonds. The highest BCUT2D eigenvalue weighted by atomic mass is 35.5. The Kier molecular flexibility index (Phi) is 3.91. The molecular weight excluding hydrogens is 218 g/mol. The lowest BCUT2D eigenvalue weighted by atomic mass is 10.2. The zero-order valence-electron chi connectivity index (χ0n) is 8.36. The molecular formula is C10H12ClNO3. The second kappa shape index (κ2) is 4.98. The summed E-state index contributed by atoms with van der Waals surface area (Å²) in [5.41, 5.74) is -0.890. The third-order valence-electron chi connectivity index (χ3n) is 2.08. The Bertz CT molecular complexity index is 425. The number of unbranched alkanes of at least 4 members (excludes halogenated alkanes) is 1. The van der Waals surface area contributed by atoms with Gasteiger partial charge in [0.2, 0.25) is 0 Å². The van der Waals surface area contributed by atoms with Gasteiger partial charge >= 0.3 is 5.97 Å². The third-order valence-corrected chi connectivity index (χ3v) is 2.40. The first-order valence-electron chi connectivity index (χ1n) is 4.70. The Morgan fingerprint density at radius 2 is 2.27 bits per heavy atom. The summed E-state index contributed by atoms with van der Waals surface area (Å²) in [4.78, 5) is 22.4. The summed E-state index contributed by atoms with van der Waals surface area (Å²) in [6.07, 6.45) is 3.30. The fourth-order valence-corrected chi connectivity index (χ4v) is 1.47. The SMILES string of the molecule is CCCCn1ccc(Cl)c(C(=O)O)c1=O. The molecule has 0 radical (unpaired) electrons. The largest absolute Gasteiger partial charge is 0.477 e. The number of aromatic carboxylic acids is 1. The smallest absolute Gasteiger partial charge is 0.342 e. The number of hydrogen-bond acceptors (Lipinski definition) is 2. The number of carboxylic acid groups (broad SMARTS) is 1. The number of aryl methyl sites for hydroxylation is 1. The summed E-state index contributed by atoms with van der Waals surface area (Å²) in [6.45, 7) is 2.52. The van der Waals surface area contributed by atoms with E-state index in [4.69, 9.17) is 16.7 Å². The lowest BCUT2D eigenvalue weighted by Crippen LogP contribution is -2.26. The van der Waals surface area contributed by atoms with Crippen molar-refractivity contribution < 1.29 is 9.90 Å². The van der Waals surface area contributed by atoms with Crippen LogP contribution in [-0.2, 0) is 6.54 Å². The van der Waals surface area contributed by atoms with Crippen LogP contribution < -0.4 is 5.56 Å². The monoisotopic (exact) mass is 229 g/mol. The van der Waals surface area contributed by atoms with Crippen molar-refractivity contribution in [2.45, 2.75) is 26.3 Å². The maximum atomic E-state index is 11.6. The molecule has 0 atom stereocenters. The van der Waals surface area contributed by atoms with Crippen molar-refractivity contribution in [2.75, 3.05) is 0 Å². The molecule has 0 aromatic carbocycles. The van der Waals surface area contributed by atoms with Crippen LogP contribution in [0.15, 0.2) is 17.1 Å². The van der Waals surface area contributed by atoms with Crippen LogP contribution in [0.1, 0.15) is 30.1 Å². The van der Waals surface area contributed by atoms with Gasteiger partial charge in [0.25, 0.3) is 5.56 Å². The standard InChI is InChI=1S/C10H12ClNO3/c1-2-3-5-12-6-4-7(11)8(9(12)13)10(14)15/h4,6H,2-3,5H2,1H3,(H,14,15). The Morgan fingerprint density at radius 1 is 1.60 bits per heavy atom. The number of carboxylic acids is 1. The molecule has 15 heavy (non-hydrogen) atoms. The van der Waals surface area contributed by atoms with Gasteiger partial charge in [0.1, 0.15) is 5.56 Å². The van der Waals surface area contributed by atoms with Crippen molar-refractivity contribution in [1.82, 2.24) is 4.57 Å². The summed E-state index contributed by atoms with van der Waals surface area (Å²) in [5.74, 6) is -1.28. The Balaban J connectivity index is 3.17. The molecule has 4 nitrogen and oxygen atoms in total. The highest BCUT2D eigenvalue weighted by Crippen LogP contribution is 2.11. The molecule has 0 spiro atoms. The molecule has 0 saturated carbocycles. The first-order chi connectivity index (χ1) is 7.07. The van der Waals surface area contributed by atoms with Crippen molar-refractivity contribution in [2.24, 2.45) is 0 Å². The van der Waals surface area contributed by atoms with E-state index >= 15 is 0 Å². The van der Waals surface area contributed by atoms with Crippen LogP contribution in [-0.4, -0.2) is 15.6 Å². The molecule has 5 heteroatoms. The molecule has 0 aliphatic rings. The van der Waals surface area contributed by atoms with Crippen molar-refractivity contribution in [1.29, 1.82) is 0 Å². The van der Waals surface area contributed by atoms with E-state index in [1.165, 1.54) is 16.8 Å². The molecule has 1 aromatic rings. The van der Waals surface area contributed by atoms with E-state index in [0.29, 0.717) is 6.54 Å². The first-order valence-corrected chi connectivity index (χ1v) is 5.08. The normalized spacial score (nSPS) is 10.3. The molecule has 0 bridgehead atoms. The van der Waals surface area contributed by atoms with Gasteiger partial charge < -0.3 is 9.67 Å². The first kappa shape index (κ1) is 11.8. The average Bonchev–Trinajstić information content (AvgIpc) is 2.16. The molecule has 82 valence electrons. The number of halogens is 1. The van der Waals surface area contributed by atoms with Crippen LogP contribution in [0.4, 0.5) is 0 Å². The lowest BCUT2D eigenvalue weighted by molar-refractivity contribution is 0.0694. The summed E-state index contributed by atoms with van der Waals surface area (Å²) < 4.78 is 1.37. The number of nitrogens with zero attached hydrogens (tertiary/aromatic N) is 1. The van der Waals surface area contributed by atoms with Crippen molar-refractivity contribution in [3.8, 4) is 0 Å². The summed E-state index contributed by atoms with van der Waals surface area (Å²) >= 11 is 5.64. The van der Waals surface area contributed by atoms with E-state index < -0.39 is 11.5 Å². The molecule has 0 fully saturated rings. The zero-order valence-corrected chi connectivity index (χ0v) is 9.12. The minimum absolute atomic E-state index is 0.0137. The second-order valence-corrected chi connectivity index (χ2v) is 3.60. The number of aromatic nitrogens is 1. The maximum absolute atomic E-state index is 11.6. The van der Waals surface area contributed by atoms with Crippen LogP contribution in [0.3, 0.4) is 0 Å². The molecule has 1 heterocycles. The van der Waals surface area contributed by atoms with Crippen LogP contribution in [0.5, 0.6) is 0 Å². The number of carbonyl (C=O) groups is 1. The maximum Gasteiger partial charge on any atom is 0.342 e.